The van der Waals surface area contributed by atoms with E-state index in [-0.39, 0.29) is 0 Å². The van der Waals surface area contributed by atoms with Gasteiger partial charge in [-0.05, 0) is 12.1 Å². The number of nitrogens with zero attached hydrogens (tertiary/aromatic N) is 1. The van der Waals surface area contributed by atoms with Gasteiger partial charge in [0.1, 0.15) is 0 Å². The van der Waals surface area contributed by atoms with E-state index in [1.165, 1.54) is 4.57 Å². The van der Waals surface area contributed by atoms with Gasteiger partial charge >= 0.3 is 5.76 Å². The number of oxazole rings is 1. The van der Waals surface area contributed by atoms with Gasteiger partial charge in [-0.3, -0.25) is 4.57 Å². The van der Waals surface area contributed by atoms with Crippen molar-refractivity contribution in [3.63, 3.8) is 0 Å². The van der Waals surface area contributed by atoms with Crippen molar-refractivity contribution in [3.05, 3.63) is 34.8 Å². The molecule has 0 spiro atoms. The molecule has 0 bridgehead atoms. The number of aryl methyl sites for hydroxylation is 1. The normalized spacial score (nSPS) is 11.9. The first-order chi connectivity index (χ1) is 5.68. The van der Waals surface area contributed by atoms with Crippen LogP contribution in [0.2, 0.25) is 0 Å². The number of benzene rings is 1. The van der Waals surface area contributed by atoms with Crippen LogP contribution in [0.15, 0.2) is 33.5 Å². The molecule has 0 aliphatic carbocycles. The monoisotopic (exact) mass is 150 g/mol. The van der Waals surface area contributed by atoms with Gasteiger partial charge in [0.15, 0.2) is 5.58 Å². The SMILES string of the molecule is [2H]c1ccc2oc(=O)n(C)c2c1. The highest BCUT2D eigenvalue weighted by molar-refractivity contribution is 5.72. The Bertz CT molecular complexity index is 483. The minimum atomic E-state index is -0.393. The number of rotatable bonds is 0. The van der Waals surface area contributed by atoms with Crippen molar-refractivity contribution in [1.82, 2.24) is 4.57 Å². The van der Waals surface area contributed by atoms with E-state index in [9.17, 15) is 4.79 Å². The molecule has 0 aliphatic rings. The van der Waals surface area contributed by atoms with E-state index in [4.69, 9.17) is 5.79 Å². The van der Waals surface area contributed by atoms with Gasteiger partial charge in [-0.2, -0.15) is 0 Å². The van der Waals surface area contributed by atoms with Crippen LogP contribution in [0, 0.1) is 0 Å². The number of aromatic nitrogens is 1. The first-order valence-electron chi connectivity index (χ1n) is 3.74. The molecule has 0 fully saturated rings. The van der Waals surface area contributed by atoms with Gasteiger partial charge in [0.2, 0.25) is 0 Å². The van der Waals surface area contributed by atoms with Crippen molar-refractivity contribution in [2.45, 2.75) is 0 Å². The summed E-state index contributed by atoms with van der Waals surface area (Å²) < 4.78 is 13.6. The minimum absolute atomic E-state index is 0.374. The van der Waals surface area contributed by atoms with Crippen LogP contribution in [0.3, 0.4) is 0 Å². The number of para-hydroxylation sites is 2. The maximum Gasteiger partial charge on any atom is 0.419 e. The zero-order valence-corrected chi connectivity index (χ0v) is 6.00. The lowest BCUT2D eigenvalue weighted by atomic mass is 10.3. The van der Waals surface area contributed by atoms with Crippen LogP contribution in [0.5, 0.6) is 0 Å². The summed E-state index contributed by atoms with van der Waals surface area (Å²) in [5.74, 6) is -0.393. The molecule has 1 aromatic carbocycles. The molecular weight excluding hydrogens is 142 g/mol. The highest BCUT2D eigenvalue weighted by Gasteiger charge is 2.01. The maximum absolute atomic E-state index is 11.0. The third-order valence-corrected chi connectivity index (χ3v) is 1.64. The molecule has 1 aromatic heterocycles. The van der Waals surface area contributed by atoms with E-state index in [2.05, 4.69) is 0 Å². The van der Waals surface area contributed by atoms with Crippen molar-refractivity contribution in [1.29, 1.82) is 0 Å². The second-order valence-electron chi connectivity index (χ2n) is 2.32. The average Bonchev–Trinajstić information content (AvgIpc) is 2.31. The fourth-order valence-corrected chi connectivity index (χ4v) is 1.02. The van der Waals surface area contributed by atoms with E-state index in [1.54, 1.807) is 25.2 Å². The van der Waals surface area contributed by atoms with Gasteiger partial charge in [-0.25, -0.2) is 4.79 Å². The Morgan fingerprint density at radius 3 is 3.27 bits per heavy atom. The summed E-state index contributed by atoms with van der Waals surface area (Å²) in [6.07, 6.45) is 0. The molecule has 11 heavy (non-hydrogen) atoms. The Morgan fingerprint density at radius 1 is 1.64 bits per heavy atom. The van der Waals surface area contributed by atoms with Crippen molar-refractivity contribution in [2.24, 2.45) is 7.05 Å². The molecular formula is C8H7NO2. The quantitative estimate of drug-likeness (QED) is 0.564. The van der Waals surface area contributed by atoms with Crippen LogP contribution in [0.1, 0.15) is 1.37 Å². The fraction of sp³-hybridized carbons (Fsp3) is 0.125. The van der Waals surface area contributed by atoms with Crippen LogP contribution in [-0.2, 0) is 7.05 Å². The Kier molecular flexibility index (Phi) is 0.935. The smallest absolute Gasteiger partial charge is 0.408 e. The lowest BCUT2D eigenvalue weighted by Gasteiger charge is -1.87. The molecule has 0 radical (unpaired) electrons. The summed E-state index contributed by atoms with van der Waals surface area (Å²) in [6.45, 7) is 0. The fourth-order valence-electron chi connectivity index (χ4n) is 1.02. The Hall–Kier alpha value is -1.51. The molecule has 2 aromatic rings. The number of hydrogen-bond donors (Lipinski definition) is 0. The summed E-state index contributed by atoms with van der Waals surface area (Å²) in [4.78, 5) is 11.0. The van der Waals surface area contributed by atoms with Crippen molar-refractivity contribution in [2.75, 3.05) is 0 Å². The first kappa shape index (κ1) is 5.18. The van der Waals surface area contributed by atoms with E-state index >= 15 is 0 Å². The van der Waals surface area contributed by atoms with Gasteiger partial charge in [-0.15, -0.1) is 0 Å². The van der Waals surface area contributed by atoms with Gasteiger partial charge in [0.25, 0.3) is 0 Å². The van der Waals surface area contributed by atoms with Crippen LogP contribution in [0.4, 0.5) is 0 Å². The Labute approximate surface area is 64.3 Å². The lowest BCUT2D eigenvalue weighted by Crippen LogP contribution is -2.08. The topological polar surface area (TPSA) is 35.1 Å². The van der Waals surface area contributed by atoms with E-state index < -0.39 is 5.76 Å². The molecule has 1 heterocycles. The third kappa shape index (κ3) is 0.774. The molecule has 0 saturated carbocycles. The van der Waals surface area contributed by atoms with Gasteiger partial charge in [0.05, 0.1) is 6.89 Å². The predicted octanol–water partition coefficient (Wildman–Crippen LogP) is 1.13. The number of hydrogen-bond acceptors (Lipinski definition) is 2. The van der Waals surface area contributed by atoms with Crippen LogP contribution < -0.4 is 5.76 Å². The minimum Gasteiger partial charge on any atom is -0.408 e. The lowest BCUT2D eigenvalue weighted by molar-refractivity contribution is 0.528. The van der Waals surface area contributed by atoms with Crippen LogP contribution >= 0.6 is 0 Å². The summed E-state index contributed by atoms with van der Waals surface area (Å²) in [7, 11) is 1.62. The predicted molar refractivity (Wildman–Crippen MR) is 41.5 cm³/mol. The molecule has 0 atom stereocenters. The maximum atomic E-state index is 11.0. The molecule has 56 valence electrons. The summed E-state index contributed by atoms with van der Waals surface area (Å²) in [5, 5.41) is 0. The van der Waals surface area contributed by atoms with E-state index in [1.807, 2.05) is 0 Å². The molecule has 0 saturated heterocycles. The second-order valence-corrected chi connectivity index (χ2v) is 2.32. The van der Waals surface area contributed by atoms with E-state index in [0.29, 0.717) is 17.1 Å². The summed E-state index contributed by atoms with van der Waals surface area (Å²) in [6, 6.07) is 5.18. The van der Waals surface area contributed by atoms with Gasteiger partial charge < -0.3 is 4.42 Å². The largest absolute Gasteiger partial charge is 0.419 e. The molecule has 3 heteroatoms. The molecule has 2 rings (SSSR count). The molecule has 3 nitrogen and oxygen atoms in total. The third-order valence-electron chi connectivity index (χ3n) is 1.64. The molecule has 0 aliphatic heterocycles. The van der Waals surface area contributed by atoms with Crippen LogP contribution in [0.25, 0.3) is 11.1 Å². The highest BCUT2D eigenvalue weighted by atomic mass is 16.4. The molecule has 0 N–H and O–H groups in total. The Balaban J connectivity index is 2.98. The van der Waals surface area contributed by atoms with Crippen LogP contribution in [-0.4, -0.2) is 4.57 Å². The van der Waals surface area contributed by atoms with E-state index in [0.717, 1.165) is 0 Å². The van der Waals surface area contributed by atoms with Gasteiger partial charge in [-0.1, -0.05) is 12.1 Å². The van der Waals surface area contributed by atoms with Crippen molar-refractivity contribution < 1.29 is 5.79 Å². The number of fused-ring (bicyclic) bond motifs is 1. The van der Waals surface area contributed by atoms with Gasteiger partial charge in [0, 0.05) is 7.05 Å². The zero-order valence-electron chi connectivity index (χ0n) is 7.00. The average molecular weight is 150 g/mol. The van der Waals surface area contributed by atoms with Crippen molar-refractivity contribution in [3.8, 4) is 0 Å². The zero-order chi connectivity index (χ0) is 8.72. The summed E-state index contributed by atoms with van der Waals surface area (Å²) in [5.41, 5.74) is 1.19. The standard InChI is InChI=1S/C8H7NO2/c1-9-6-4-2-3-5-7(6)11-8(9)10/h2-5H,1H3/i2D. The molecule has 0 unspecified atom stereocenters. The highest BCUT2D eigenvalue weighted by Crippen LogP contribution is 2.09. The molecule has 0 amide bonds. The first-order valence-corrected chi connectivity index (χ1v) is 3.24. The Morgan fingerprint density at radius 2 is 2.45 bits per heavy atom. The van der Waals surface area contributed by atoms with Crippen molar-refractivity contribution >= 4 is 11.1 Å². The summed E-state index contributed by atoms with van der Waals surface area (Å²) >= 11 is 0. The second kappa shape index (κ2) is 1.99.